The normalized spacial score (nSPS) is 14.1. The van der Waals surface area contributed by atoms with Crippen molar-refractivity contribution in [1.29, 1.82) is 0 Å². The lowest BCUT2D eigenvalue weighted by Gasteiger charge is -2.22. The molecule has 1 aliphatic rings. The number of benzene rings is 2. The largest absolute Gasteiger partial charge is 0.353 e. The Labute approximate surface area is 198 Å². The zero-order chi connectivity index (χ0) is 23.2. The molecule has 0 atom stereocenters. The fourth-order valence-electron chi connectivity index (χ4n) is 3.95. The summed E-state index contributed by atoms with van der Waals surface area (Å²) in [6, 6.07) is 15.3. The van der Waals surface area contributed by atoms with Crippen LogP contribution >= 0.6 is 11.8 Å². The Morgan fingerprint density at radius 3 is 2.39 bits per heavy atom. The number of rotatable bonds is 7. The van der Waals surface area contributed by atoms with Crippen LogP contribution in [0, 0.1) is 6.92 Å². The van der Waals surface area contributed by atoms with Crippen LogP contribution in [0.15, 0.2) is 53.7 Å². The molecule has 1 aliphatic carbocycles. The molecule has 0 saturated heterocycles. The highest BCUT2D eigenvalue weighted by Gasteiger charge is 2.17. The Balaban J connectivity index is 1.34. The molecule has 3 aromatic rings. The van der Waals surface area contributed by atoms with Crippen molar-refractivity contribution in [2.75, 3.05) is 11.1 Å². The van der Waals surface area contributed by atoms with Gasteiger partial charge in [0.2, 0.25) is 5.91 Å². The number of carbonyl (C=O) groups is 2. The van der Waals surface area contributed by atoms with Crippen LogP contribution in [-0.4, -0.2) is 38.4 Å². The van der Waals surface area contributed by atoms with Crippen molar-refractivity contribution in [2.45, 2.75) is 50.2 Å². The van der Waals surface area contributed by atoms with Gasteiger partial charge in [-0.2, -0.15) is 0 Å². The van der Waals surface area contributed by atoms with Gasteiger partial charge in [0.15, 0.2) is 11.0 Å². The highest BCUT2D eigenvalue weighted by molar-refractivity contribution is 7.99. The predicted octanol–water partition coefficient (Wildman–Crippen LogP) is 4.58. The van der Waals surface area contributed by atoms with Crippen molar-refractivity contribution in [3.8, 4) is 11.4 Å². The SMILES string of the molecule is Cc1ccc(C(=O)Nc2ccc(-c3nnc(SCC(=O)NC4CCCCC4)n3C)cc2)cc1. The lowest BCUT2D eigenvalue weighted by atomic mass is 9.95. The van der Waals surface area contributed by atoms with Crippen LogP contribution in [-0.2, 0) is 11.8 Å². The van der Waals surface area contributed by atoms with Crippen molar-refractivity contribution in [2.24, 2.45) is 7.05 Å². The molecule has 2 N–H and O–H groups in total. The summed E-state index contributed by atoms with van der Waals surface area (Å²) in [4.78, 5) is 24.7. The summed E-state index contributed by atoms with van der Waals surface area (Å²) in [7, 11) is 1.89. The number of anilines is 1. The highest BCUT2D eigenvalue weighted by Crippen LogP contribution is 2.24. The van der Waals surface area contributed by atoms with Crippen molar-refractivity contribution >= 4 is 29.3 Å². The average molecular weight is 464 g/mol. The van der Waals surface area contributed by atoms with Crippen LogP contribution < -0.4 is 10.6 Å². The van der Waals surface area contributed by atoms with Gasteiger partial charge in [0.1, 0.15) is 0 Å². The maximum Gasteiger partial charge on any atom is 0.255 e. The van der Waals surface area contributed by atoms with Crippen molar-refractivity contribution < 1.29 is 9.59 Å². The van der Waals surface area contributed by atoms with Gasteiger partial charge in [0.25, 0.3) is 5.91 Å². The molecule has 2 amide bonds. The van der Waals surface area contributed by atoms with Gasteiger partial charge in [-0.3, -0.25) is 9.59 Å². The number of amides is 2. The van der Waals surface area contributed by atoms with Crippen LogP contribution in [0.4, 0.5) is 5.69 Å². The van der Waals surface area contributed by atoms with Crippen LogP contribution in [0.2, 0.25) is 0 Å². The number of aromatic nitrogens is 3. The van der Waals surface area contributed by atoms with E-state index in [2.05, 4.69) is 20.8 Å². The molecule has 7 nitrogen and oxygen atoms in total. The molecule has 0 bridgehead atoms. The number of nitrogens with zero attached hydrogens (tertiary/aromatic N) is 3. The van der Waals surface area contributed by atoms with Gasteiger partial charge in [0.05, 0.1) is 5.75 Å². The minimum atomic E-state index is -0.147. The number of aryl methyl sites for hydroxylation is 1. The molecule has 1 heterocycles. The first kappa shape index (κ1) is 23.0. The molecule has 8 heteroatoms. The van der Waals surface area contributed by atoms with Gasteiger partial charge in [-0.1, -0.05) is 48.7 Å². The molecule has 1 saturated carbocycles. The summed E-state index contributed by atoms with van der Waals surface area (Å²) >= 11 is 1.39. The third-order valence-corrected chi connectivity index (χ3v) is 6.87. The monoisotopic (exact) mass is 463 g/mol. The Hall–Kier alpha value is -3.13. The zero-order valence-corrected chi connectivity index (χ0v) is 19.8. The highest BCUT2D eigenvalue weighted by atomic mass is 32.2. The molecule has 1 fully saturated rings. The minimum absolute atomic E-state index is 0.0464. The first-order chi connectivity index (χ1) is 16.0. The topological polar surface area (TPSA) is 88.9 Å². The zero-order valence-electron chi connectivity index (χ0n) is 19.0. The van der Waals surface area contributed by atoms with Gasteiger partial charge in [-0.05, 0) is 56.2 Å². The second-order valence-electron chi connectivity index (χ2n) is 8.45. The molecule has 4 rings (SSSR count). The molecular formula is C25H29N5O2S. The molecule has 0 unspecified atom stereocenters. The predicted molar refractivity (Wildman–Crippen MR) is 131 cm³/mol. The summed E-state index contributed by atoms with van der Waals surface area (Å²) in [5.41, 5.74) is 3.33. The van der Waals surface area contributed by atoms with Crippen LogP contribution in [0.25, 0.3) is 11.4 Å². The molecular weight excluding hydrogens is 434 g/mol. The van der Waals surface area contributed by atoms with Gasteiger partial charge in [0, 0.05) is 29.9 Å². The average Bonchev–Trinajstić information content (AvgIpc) is 3.19. The minimum Gasteiger partial charge on any atom is -0.353 e. The first-order valence-corrected chi connectivity index (χ1v) is 12.3. The molecule has 172 valence electrons. The van der Waals surface area contributed by atoms with E-state index in [9.17, 15) is 9.59 Å². The van der Waals surface area contributed by atoms with Gasteiger partial charge >= 0.3 is 0 Å². The summed E-state index contributed by atoms with van der Waals surface area (Å²) in [5.74, 6) is 0.935. The van der Waals surface area contributed by atoms with Gasteiger partial charge in [-0.15, -0.1) is 10.2 Å². The van der Waals surface area contributed by atoms with E-state index < -0.39 is 0 Å². The van der Waals surface area contributed by atoms with E-state index in [4.69, 9.17) is 0 Å². The maximum atomic E-state index is 12.4. The van der Waals surface area contributed by atoms with Crippen molar-refractivity contribution in [1.82, 2.24) is 20.1 Å². The number of hydrogen-bond acceptors (Lipinski definition) is 5. The van der Waals surface area contributed by atoms with Crippen LogP contribution in [0.5, 0.6) is 0 Å². The maximum absolute atomic E-state index is 12.4. The Bertz CT molecular complexity index is 1100. The van der Waals surface area contributed by atoms with Crippen molar-refractivity contribution in [3.63, 3.8) is 0 Å². The third kappa shape index (κ3) is 6.01. The summed E-state index contributed by atoms with van der Waals surface area (Å²) in [6.45, 7) is 1.99. The summed E-state index contributed by atoms with van der Waals surface area (Å²) in [6.07, 6.45) is 5.80. The Morgan fingerprint density at radius 1 is 1.00 bits per heavy atom. The molecule has 33 heavy (non-hydrogen) atoms. The molecule has 0 spiro atoms. The van der Waals surface area contributed by atoms with Gasteiger partial charge < -0.3 is 15.2 Å². The summed E-state index contributed by atoms with van der Waals surface area (Å²) in [5, 5.41) is 15.3. The molecule has 1 aromatic heterocycles. The van der Waals surface area contributed by atoms with E-state index in [1.807, 2.05) is 67.1 Å². The molecule has 2 aromatic carbocycles. The Morgan fingerprint density at radius 2 is 1.70 bits per heavy atom. The standard InChI is InChI=1S/C25H29N5O2S/c1-17-8-10-19(11-9-17)24(32)27-21-14-12-18(13-15-21)23-28-29-25(30(23)2)33-16-22(31)26-20-6-4-3-5-7-20/h8-15,20H,3-7,16H2,1-2H3,(H,26,31)(H,27,32). The smallest absolute Gasteiger partial charge is 0.255 e. The number of hydrogen-bond donors (Lipinski definition) is 2. The molecule has 0 aliphatic heterocycles. The van der Waals surface area contributed by atoms with E-state index in [0.29, 0.717) is 34.0 Å². The first-order valence-electron chi connectivity index (χ1n) is 11.3. The fourth-order valence-corrected chi connectivity index (χ4v) is 4.67. The van der Waals surface area contributed by atoms with E-state index in [0.717, 1.165) is 24.0 Å². The fraction of sp³-hybridized carbons (Fsp3) is 0.360. The number of thioether (sulfide) groups is 1. The van der Waals surface area contributed by atoms with E-state index >= 15 is 0 Å². The molecule has 0 radical (unpaired) electrons. The van der Waals surface area contributed by atoms with E-state index in [1.54, 1.807) is 0 Å². The lowest BCUT2D eigenvalue weighted by molar-refractivity contribution is -0.119. The Kier molecular flexibility index (Phi) is 7.44. The lowest BCUT2D eigenvalue weighted by Crippen LogP contribution is -2.37. The second-order valence-corrected chi connectivity index (χ2v) is 9.40. The third-order valence-electron chi connectivity index (χ3n) is 5.85. The van der Waals surface area contributed by atoms with E-state index in [1.165, 1.54) is 31.0 Å². The second kappa shape index (κ2) is 10.7. The van der Waals surface area contributed by atoms with Crippen molar-refractivity contribution in [3.05, 3.63) is 59.7 Å². The summed E-state index contributed by atoms with van der Waals surface area (Å²) < 4.78 is 1.89. The van der Waals surface area contributed by atoms with Crippen LogP contribution in [0.3, 0.4) is 0 Å². The number of carbonyl (C=O) groups excluding carboxylic acids is 2. The van der Waals surface area contributed by atoms with E-state index in [-0.39, 0.29) is 11.8 Å². The number of nitrogens with one attached hydrogen (secondary N) is 2. The van der Waals surface area contributed by atoms with Gasteiger partial charge in [-0.25, -0.2) is 0 Å². The quantitative estimate of drug-likeness (QED) is 0.501. The van der Waals surface area contributed by atoms with Crippen LogP contribution in [0.1, 0.15) is 48.0 Å².